The molecule has 0 bridgehead atoms. The molecule has 1 unspecified atom stereocenters. The quantitative estimate of drug-likeness (QED) is 0.583. The Morgan fingerprint density at radius 1 is 1.07 bits per heavy atom. The number of thiocarbonyl (C=S) groups is 1. The number of rotatable bonds is 5. The van der Waals surface area contributed by atoms with Crippen LogP contribution < -0.4 is 10.1 Å². The summed E-state index contributed by atoms with van der Waals surface area (Å²) in [4.78, 5) is 14.5. The molecule has 0 fully saturated rings. The number of fused-ring (bicyclic) bond motifs is 1. The molecule has 0 aliphatic carbocycles. The first-order valence-electron chi connectivity index (χ1n) is 9.91. The molecule has 0 saturated heterocycles. The van der Waals surface area contributed by atoms with E-state index >= 15 is 0 Å². The Labute approximate surface area is 182 Å². The Balaban J connectivity index is 1.87. The van der Waals surface area contributed by atoms with Gasteiger partial charge in [-0.15, -0.1) is 0 Å². The molecule has 0 aromatic heterocycles. The summed E-state index contributed by atoms with van der Waals surface area (Å²) in [6, 6.07) is 21.9. The van der Waals surface area contributed by atoms with Crippen LogP contribution in [0.3, 0.4) is 0 Å². The third-order valence-electron chi connectivity index (χ3n) is 5.59. The van der Waals surface area contributed by atoms with Gasteiger partial charge < -0.3 is 15.0 Å². The van der Waals surface area contributed by atoms with Gasteiger partial charge in [0.15, 0.2) is 10.9 Å². The number of allylic oxidation sites excluding steroid dienone is 1. The number of hydrogen-bond donors (Lipinski definition) is 1. The zero-order valence-electron chi connectivity index (χ0n) is 17.3. The molecule has 30 heavy (non-hydrogen) atoms. The molecule has 1 N–H and O–H groups in total. The van der Waals surface area contributed by atoms with Gasteiger partial charge >= 0.3 is 0 Å². The largest absolute Gasteiger partial charge is 0.489 e. The second-order valence-electron chi connectivity index (χ2n) is 7.47. The predicted octanol–water partition coefficient (Wildman–Crippen LogP) is 5.14. The van der Waals surface area contributed by atoms with Gasteiger partial charge in [-0.1, -0.05) is 60.7 Å². The van der Waals surface area contributed by atoms with Gasteiger partial charge in [-0.25, -0.2) is 0 Å². The number of benzene rings is 3. The number of hydrogen-bond acceptors (Lipinski definition) is 3. The van der Waals surface area contributed by atoms with Crippen molar-refractivity contribution in [2.45, 2.75) is 26.5 Å². The summed E-state index contributed by atoms with van der Waals surface area (Å²) in [6.45, 7) is 3.99. The molecule has 3 aromatic rings. The molecule has 4 nitrogen and oxygen atoms in total. The van der Waals surface area contributed by atoms with Crippen LogP contribution in [-0.2, 0) is 11.4 Å². The Morgan fingerprint density at radius 3 is 2.50 bits per heavy atom. The molecule has 1 aliphatic rings. The minimum absolute atomic E-state index is 0.0151. The third kappa shape index (κ3) is 3.68. The lowest BCUT2D eigenvalue weighted by atomic mass is 9.88. The molecule has 5 heteroatoms. The second kappa shape index (κ2) is 8.28. The molecular weight excluding hydrogens is 392 g/mol. The van der Waals surface area contributed by atoms with E-state index in [4.69, 9.17) is 17.0 Å². The highest BCUT2D eigenvalue weighted by atomic mass is 32.1. The van der Waals surface area contributed by atoms with Crippen LogP contribution in [-0.4, -0.2) is 22.8 Å². The molecule has 0 radical (unpaired) electrons. The number of nitrogens with zero attached hydrogens (tertiary/aromatic N) is 1. The molecule has 4 rings (SSSR count). The molecule has 1 aliphatic heterocycles. The van der Waals surface area contributed by atoms with Crippen LogP contribution in [0.25, 0.3) is 10.8 Å². The highest BCUT2D eigenvalue weighted by Crippen LogP contribution is 2.40. The van der Waals surface area contributed by atoms with Gasteiger partial charge in [0.25, 0.3) is 0 Å². The second-order valence-corrected chi connectivity index (χ2v) is 7.86. The summed E-state index contributed by atoms with van der Waals surface area (Å²) in [6.07, 6.45) is 0. The smallest absolute Gasteiger partial charge is 0.173 e. The lowest BCUT2D eigenvalue weighted by molar-refractivity contribution is -0.114. The van der Waals surface area contributed by atoms with Gasteiger partial charge in [0.1, 0.15) is 12.4 Å². The topological polar surface area (TPSA) is 41.6 Å². The summed E-state index contributed by atoms with van der Waals surface area (Å²) in [5.41, 5.74) is 3.58. The van der Waals surface area contributed by atoms with E-state index in [0.29, 0.717) is 17.3 Å². The van der Waals surface area contributed by atoms with Gasteiger partial charge in [-0.05, 0) is 48.5 Å². The van der Waals surface area contributed by atoms with Gasteiger partial charge in [0, 0.05) is 23.9 Å². The van der Waals surface area contributed by atoms with E-state index in [-0.39, 0.29) is 11.8 Å². The van der Waals surface area contributed by atoms with Crippen molar-refractivity contribution in [2.75, 3.05) is 7.05 Å². The molecule has 0 spiro atoms. The van der Waals surface area contributed by atoms with E-state index in [0.717, 1.165) is 33.3 Å². The van der Waals surface area contributed by atoms with E-state index in [1.807, 2.05) is 67.4 Å². The van der Waals surface area contributed by atoms with Crippen molar-refractivity contribution in [2.24, 2.45) is 0 Å². The molecule has 1 atom stereocenters. The summed E-state index contributed by atoms with van der Waals surface area (Å²) in [7, 11) is 1.87. The average Bonchev–Trinajstić information content (AvgIpc) is 2.75. The number of ether oxygens (including phenoxy) is 1. The molecule has 0 amide bonds. The number of carbonyl (C=O) groups is 1. The first-order valence-corrected chi connectivity index (χ1v) is 10.3. The van der Waals surface area contributed by atoms with Crippen molar-refractivity contribution in [3.8, 4) is 5.75 Å². The van der Waals surface area contributed by atoms with Gasteiger partial charge in [-0.3, -0.25) is 4.79 Å². The number of Topliss-reactive ketones (excluding diaryl/α,β-unsaturated/α-hetero) is 1. The van der Waals surface area contributed by atoms with E-state index in [9.17, 15) is 4.79 Å². The molecule has 1 heterocycles. The Hall–Kier alpha value is -3.18. The lowest BCUT2D eigenvalue weighted by Gasteiger charge is -2.36. The monoisotopic (exact) mass is 416 g/mol. The molecular formula is C25H24N2O2S. The van der Waals surface area contributed by atoms with Crippen LogP contribution in [0.5, 0.6) is 5.75 Å². The van der Waals surface area contributed by atoms with Gasteiger partial charge in [0.2, 0.25) is 0 Å². The summed E-state index contributed by atoms with van der Waals surface area (Å²) in [5, 5.41) is 6.09. The maximum absolute atomic E-state index is 12.7. The zero-order chi connectivity index (χ0) is 21.3. The van der Waals surface area contributed by atoms with Crippen LogP contribution in [0.2, 0.25) is 0 Å². The molecule has 152 valence electrons. The lowest BCUT2D eigenvalue weighted by Crippen LogP contribution is -2.45. The fourth-order valence-electron chi connectivity index (χ4n) is 3.94. The highest BCUT2D eigenvalue weighted by Gasteiger charge is 2.33. The van der Waals surface area contributed by atoms with Crippen molar-refractivity contribution >= 4 is 33.9 Å². The number of nitrogens with one attached hydrogen (secondary N) is 1. The van der Waals surface area contributed by atoms with Crippen molar-refractivity contribution in [1.29, 1.82) is 0 Å². The predicted molar refractivity (Wildman–Crippen MR) is 124 cm³/mol. The van der Waals surface area contributed by atoms with Crippen LogP contribution in [0.15, 0.2) is 78.0 Å². The van der Waals surface area contributed by atoms with Crippen LogP contribution in [0, 0.1) is 0 Å². The fourth-order valence-corrected chi connectivity index (χ4v) is 4.20. The van der Waals surface area contributed by atoms with Crippen molar-refractivity contribution in [1.82, 2.24) is 10.2 Å². The molecule has 3 aromatic carbocycles. The average molecular weight is 417 g/mol. The van der Waals surface area contributed by atoms with Crippen LogP contribution in [0.4, 0.5) is 0 Å². The standard InChI is InChI=1S/C25H24N2O2S/c1-16-22(17(2)28)24(26-25(30)27(16)3)23-20-12-8-7-11-19(20)13-14-21(23)29-15-18-9-5-4-6-10-18/h4-14,24H,15H2,1-3H3,(H,26,30). The minimum atomic E-state index is -0.372. The maximum atomic E-state index is 12.7. The first kappa shape index (κ1) is 20.1. The first-order chi connectivity index (χ1) is 14.5. The number of carbonyl (C=O) groups excluding carboxylic acids is 1. The van der Waals surface area contributed by atoms with Crippen molar-refractivity contribution in [3.63, 3.8) is 0 Å². The van der Waals surface area contributed by atoms with Gasteiger partial charge in [0.05, 0.1) is 6.04 Å². The van der Waals surface area contributed by atoms with Crippen LogP contribution >= 0.6 is 12.2 Å². The van der Waals surface area contributed by atoms with E-state index in [1.165, 1.54) is 0 Å². The summed E-state index contributed by atoms with van der Waals surface area (Å²) >= 11 is 5.56. The van der Waals surface area contributed by atoms with Crippen LogP contribution in [0.1, 0.15) is 31.0 Å². The minimum Gasteiger partial charge on any atom is -0.489 e. The summed E-state index contributed by atoms with van der Waals surface area (Å²) < 4.78 is 6.28. The molecule has 0 saturated carbocycles. The Kier molecular flexibility index (Phi) is 5.55. The third-order valence-corrected chi connectivity index (χ3v) is 5.98. The van der Waals surface area contributed by atoms with E-state index in [1.54, 1.807) is 6.92 Å². The van der Waals surface area contributed by atoms with Crippen molar-refractivity contribution < 1.29 is 9.53 Å². The maximum Gasteiger partial charge on any atom is 0.173 e. The highest BCUT2D eigenvalue weighted by molar-refractivity contribution is 7.80. The zero-order valence-corrected chi connectivity index (χ0v) is 18.1. The Bertz CT molecular complexity index is 1150. The number of ketones is 1. The fraction of sp³-hybridized carbons (Fsp3) is 0.200. The normalized spacial score (nSPS) is 16.6. The SMILES string of the molecule is CC(=O)C1=C(C)N(C)C(=S)NC1c1c(OCc2ccccc2)ccc2ccccc12. The van der Waals surface area contributed by atoms with E-state index in [2.05, 4.69) is 23.5 Å². The van der Waals surface area contributed by atoms with Crippen molar-refractivity contribution in [3.05, 3.63) is 89.1 Å². The Morgan fingerprint density at radius 2 is 1.77 bits per heavy atom. The van der Waals surface area contributed by atoms with Gasteiger partial charge in [-0.2, -0.15) is 0 Å². The summed E-state index contributed by atoms with van der Waals surface area (Å²) in [5.74, 6) is 0.759. The van der Waals surface area contributed by atoms with E-state index < -0.39 is 0 Å².